The SMILES string of the molecule is CC(Oc1csc(-c2cnc3cccnn23)c1)c1ccccc1Cl. The Morgan fingerprint density at radius 1 is 1.21 bits per heavy atom. The van der Waals surface area contributed by atoms with Crippen molar-refractivity contribution in [2.45, 2.75) is 13.0 Å². The zero-order valence-electron chi connectivity index (χ0n) is 12.9. The fraction of sp³-hybridized carbons (Fsp3) is 0.111. The quantitative estimate of drug-likeness (QED) is 0.501. The van der Waals surface area contributed by atoms with Gasteiger partial charge in [-0.3, -0.25) is 0 Å². The predicted octanol–water partition coefficient (Wildman–Crippen LogP) is 5.25. The van der Waals surface area contributed by atoms with Crippen molar-refractivity contribution >= 4 is 28.6 Å². The molecule has 0 N–H and O–H groups in total. The van der Waals surface area contributed by atoms with Crippen LogP contribution >= 0.6 is 22.9 Å². The number of imidazole rings is 1. The Hall–Kier alpha value is -2.37. The molecule has 3 heterocycles. The first-order chi connectivity index (χ1) is 11.7. The number of benzene rings is 1. The molecule has 4 nitrogen and oxygen atoms in total. The molecule has 0 saturated carbocycles. The van der Waals surface area contributed by atoms with Crippen molar-refractivity contribution in [1.29, 1.82) is 0 Å². The summed E-state index contributed by atoms with van der Waals surface area (Å²) < 4.78 is 7.87. The minimum Gasteiger partial charge on any atom is -0.485 e. The molecule has 1 aromatic carbocycles. The van der Waals surface area contributed by atoms with Gasteiger partial charge in [-0.1, -0.05) is 29.8 Å². The third-order valence-corrected chi connectivity index (χ3v) is 5.04. The zero-order valence-corrected chi connectivity index (χ0v) is 14.5. The summed E-state index contributed by atoms with van der Waals surface area (Å²) in [5, 5.41) is 7.05. The van der Waals surface area contributed by atoms with Gasteiger partial charge in [-0.25, -0.2) is 9.50 Å². The molecule has 0 aliphatic heterocycles. The van der Waals surface area contributed by atoms with Gasteiger partial charge >= 0.3 is 0 Å². The van der Waals surface area contributed by atoms with E-state index >= 15 is 0 Å². The molecule has 1 atom stereocenters. The van der Waals surface area contributed by atoms with Crippen molar-refractivity contribution in [3.63, 3.8) is 0 Å². The highest BCUT2D eigenvalue weighted by atomic mass is 35.5. The molecule has 0 bridgehead atoms. The first-order valence-corrected chi connectivity index (χ1v) is 8.77. The van der Waals surface area contributed by atoms with E-state index in [1.54, 1.807) is 17.5 Å². The van der Waals surface area contributed by atoms with Gasteiger partial charge in [0.15, 0.2) is 5.65 Å². The van der Waals surface area contributed by atoms with E-state index in [0.29, 0.717) is 5.02 Å². The lowest BCUT2D eigenvalue weighted by Gasteiger charge is -2.14. The maximum Gasteiger partial charge on any atom is 0.154 e. The van der Waals surface area contributed by atoms with Gasteiger partial charge in [-0.15, -0.1) is 11.3 Å². The molecule has 0 fully saturated rings. The molecular weight excluding hydrogens is 342 g/mol. The Labute approximate surface area is 148 Å². The van der Waals surface area contributed by atoms with Gasteiger partial charge in [0.2, 0.25) is 0 Å². The van der Waals surface area contributed by atoms with Crippen LogP contribution < -0.4 is 4.74 Å². The maximum atomic E-state index is 6.24. The molecule has 0 aliphatic carbocycles. The van der Waals surface area contributed by atoms with E-state index in [2.05, 4.69) is 10.1 Å². The highest BCUT2D eigenvalue weighted by molar-refractivity contribution is 7.13. The molecular formula is C18H14ClN3OS. The number of halogens is 1. The summed E-state index contributed by atoms with van der Waals surface area (Å²) in [5.74, 6) is 0.813. The Balaban J connectivity index is 1.60. The summed E-state index contributed by atoms with van der Waals surface area (Å²) in [6.45, 7) is 1.99. The number of rotatable bonds is 4. The molecule has 120 valence electrons. The van der Waals surface area contributed by atoms with Crippen molar-refractivity contribution in [2.24, 2.45) is 0 Å². The van der Waals surface area contributed by atoms with E-state index in [1.807, 2.05) is 65.5 Å². The monoisotopic (exact) mass is 355 g/mol. The van der Waals surface area contributed by atoms with Crippen LogP contribution in [-0.4, -0.2) is 14.6 Å². The lowest BCUT2D eigenvalue weighted by molar-refractivity contribution is 0.228. The third kappa shape index (κ3) is 2.77. The van der Waals surface area contributed by atoms with Crippen LogP contribution in [0.3, 0.4) is 0 Å². The van der Waals surface area contributed by atoms with Gasteiger partial charge in [0.1, 0.15) is 17.5 Å². The van der Waals surface area contributed by atoms with E-state index < -0.39 is 0 Å². The number of thiophene rings is 1. The summed E-state index contributed by atoms with van der Waals surface area (Å²) in [6, 6.07) is 13.6. The largest absolute Gasteiger partial charge is 0.485 e. The van der Waals surface area contributed by atoms with Crippen LogP contribution in [0.5, 0.6) is 5.75 Å². The second kappa shape index (κ2) is 6.26. The van der Waals surface area contributed by atoms with Crippen LogP contribution in [0.4, 0.5) is 0 Å². The second-order valence-electron chi connectivity index (χ2n) is 5.37. The fourth-order valence-electron chi connectivity index (χ4n) is 2.58. The van der Waals surface area contributed by atoms with Crippen molar-refractivity contribution in [1.82, 2.24) is 14.6 Å². The molecule has 4 aromatic rings. The molecule has 0 saturated heterocycles. The third-order valence-electron chi connectivity index (χ3n) is 3.76. The van der Waals surface area contributed by atoms with Gasteiger partial charge in [0, 0.05) is 28.2 Å². The Bertz CT molecular complexity index is 995. The Morgan fingerprint density at radius 2 is 2.08 bits per heavy atom. The fourth-order valence-corrected chi connectivity index (χ4v) is 3.68. The standard InChI is InChI=1S/C18H14ClN3OS/c1-12(14-5-2-3-6-15(14)19)23-13-9-17(24-11-13)16-10-20-18-7-4-8-21-22(16)18/h2-12H,1H3. The van der Waals surface area contributed by atoms with E-state index in [0.717, 1.165) is 27.5 Å². The number of ether oxygens (including phenoxy) is 1. The zero-order chi connectivity index (χ0) is 16.5. The van der Waals surface area contributed by atoms with Crippen LogP contribution in [0.2, 0.25) is 5.02 Å². The van der Waals surface area contributed by atoms with E-state index in [9.17, 15) is 0 Å². The second-order valence-corrected chi connectivity index (χ2v) is 6.68. The molecule has 0 amide bonds. The van der Waals surface area contributed by atoms with Crippen LogP contribution in [-0.2, 0) is 0 Å². The predicted molar refractivity (Wildman–Crippen MR) is 96.8 cm³/mol. The van der Waals surface area contributed by atoms with Gasteiger partial charge in [-0.05, 0) is 25.1 Å². The molecule has 4 rings (SSSR count). The summed E-state index contributed by atoms with van der Waals surface area (Å²) in [6.07, 6.45) is 3.46. The number of nitrogens with zero attached hydrogens (tertiary/aromatic N) is 3. The average molecular weight is 356 g/mol. The van der Waals surface area contributed by atoms with Crippen LogP contribution in [0.15, 0.2) is 60.2 Å². The molecule has 1 unspecified atom stereocenters. The normalized spacial score (nSPS) is 12.4. The van der Waals surface area contributed by atoms with E-state index in [-0.39, 0.29) is 6.10 Å². The van der Waals surface area contributed by atoms with Crippen LogP contribution in [0.1, 0.15) is 18.6 Å². The summed E-state index contributed by atoms with van der Waals surface area (Å²) in [4.78, 5) is 5.43. The van der Waals surface area contributed by atoms with Gasteiger partial charge < -0.3 is 4.74 Å². The highest BCUT2D eigenvalue weighted by Crippen LogP contribution is 2.34. The van der Waals surface area contributed by atoms with Gasteiger partial charge in [0.05, 0.1) is 11.1 Å². The summed E-state index contributed by atoms with van der Waals surface area (Å²) in [5.41, 5.74) is 2.76. The molecule has 0 spiro atoms. The van der Waals surface area contributed by atoms with E-state index in [4.69, 9.17) is 16.3 Å². The summed E-state index contributed by atoms with van der Waals surface area (Å²) >= 11 is 7.84. The van der Waals surface area contributed by atoms with Crippen LogP contribution in [0, 0.1) is 0 Å². The average Bonchev–Trinajstić information content (AvgIpc) is 3.21. The number of aromatic nitrogens is 3. The van der Waals surface area contributed by atoms with Crippen molar-refractivity contribution in [3.05, 3.63) is 70.8 Å². The van der Waals surface area contributed by atoms with E-state index in [1.165, 1.54) is 0 Å². The molecule has 6 heteroatoms. The molecule has 3 aromatic heterocycles. The van der Waals surface area contributed by atoms with Gasteiger partial charge in [0.25, 0.3) is 0 Å². The molecule has 0 radical (unpaired) electrons. The number of hydrogen-bond donors (Lipinski definition) is 0. The summed E-state index contributed by atoms with van der Waals surface area (Å²) in [7, 11) is 0. The van der Waals surface area contributed by atoms with Crippen molar-refractivity contribution in [3.8, 4) is 16.3 Å². The minimum absolute atomic E-state index is 0.124. The smallest absolute Gasteiger partial charge is 0.154 e. The first kappa shape index (κ1) is 15.2. The minimum atomic E-state index is -0.124. The van der Waals surface area contributed by atoms with Crippen LogP contribution in [0.25, 0.3) is 16.2 Å². The Kier molecular flexibility index (Phi) is 3.96. The van der Waals surface area contributed by atoms with Gasteiger partial charge in [-0.2, -0.15) is 5.10 Å². The van der Waals surface area contributed by atoms with Crippen molar-refractivity contribution < 1.29 is 4.74 Å². The lowest BCUT2D eigenvalue weighted by atomic mass is 10.1. The topological polar surface area (TPSA) is 39.4 Å². The molecule has 24 heavy (non-hydrogen) atoms. The first-order valence-electron chi connectivity index (χ1n) is 7.51. The highest BCUT2D eigenvalue weighted by Gasteiger charge is 2.14. The lowest BCUT2D eigenvalue weighted by Crippen LogP contribution is -2.02. The Morgan fingerprint density at radius 3 is 2.96 bits per heavy atom. The van der Waals surface area contributed by atoms with Crippen molar-refractivity contribution in [2.75, 3.05) is 0 Å². The number of hydrogen-bond acceptors (Lipinski definition) is 4. The molecule has 0 aliphatic rings. The maximum absolute atomic E-state index is 6.24. The number of fused-ring (bicyclic) bond motifs is 1.